The van der Waals surface area contributed by atoms with Crippen molar-refractivity contribution >= 4 is 28.4 Å². The van der Waals surface area contributed by atoms with Crippen LogP contribution in [0.5, 0.6) is 0 Å². The number of nitrogens with one attached hydrogen (secondary N) is 1. The number of Topliss-reactive ketones (excluding diaryl/α,β-unsaturated/α-hetero) is 1. The monoisotopic (exact) mass is 378 g/mol. The SMILES string of the molecule is CC(=O)c1cc(C(=O)OCC(=O)N[C@H](C)c2cccc3ccccc23)n(C)c1. The third-order valence-corrected chi connectivity index (χ3v) is 4.62. The minimum absolute atomic E-state index is 0.142. The van der Waals surface area contributed by atoms with E-state index in [0.29, 0.717) is 5.56 Å². The van der Waals surface area contributed by atoms with E-state index in [1.807, 2.05) is 49.4 Å². The van der Waals surface area contributed by atoms with E-state index >= 15 is 0 Å². The lowest BCUT2D eigenvalue weighted by Crippen LogP contribution is -2.31. The third kappa shape index (κ3) is 4.11. The van der Waals surface area contributed by atoms with Crippen LogP contribution in [0.25, 0.3) is 10.8 Å². The van der Waals surface area contributed by atoms with Crippen LogP contribution in [0.1, 0.15) is 46.3 Å². The van der Waals surface area contributed by atoms with Gasteiger partial charge in [-0.05, 0) is 36.2 Å². The number of ether oxygens (including phenoxy) is 1. The Kier molecular flexibility index (Phi) is 5.59. The van der Waals surface area contributed by atoms with Gasteiger partial charge in [0.1, 0.15) is 5.69 Å². The molecule has 0 aliphatic rings. The van der Waals surface area contributed by atoms with Gasteiger partial charge >= 0.3 is 5.97 Å². The molecule has 0 spiro atoms. The Bertz CT molecular complexity index is 1050. The summed E-state index contributed by atoms with van der Waals surface area (Å²) >= 11 is 0. The van der Waals surface area contributed by atoms with Gasteiger partial charge in [-0.15, -0.1) is 0 Å². The quantitative estimate of drug-likeness (QED) is 0.527. The first-order chi connectivity index (χ1) is 13.4. The zero-order valence-electron chi connectivity index (χ0n) is 16.1. The fourth-order valence-electron chi connectivity index (χ4n) is 3.15. The number of carbonyl (C=O) groups is 3. The van der Waals surface area contributed by atoms with Crippen LogP contribution in [-0.4, -0.2) is 28.8 Å². The number of carbonyl (C=O) groups excluding carboxylic acids is 3. The van der Waals surface area contributed by atoms with Gasteiger partial charge in [-0.2, -0.15) is 0 Å². The topological polar surface area (TPSA) is 77.4 Å². The molecule has 1 aromatic heterocycles. The average molecular weight is 378 g/mol. The van der Waals surface area contributed by atoms with Crippen LogP contribution >= 0.6 is 0 Å². The molecule has 6 heteroatoms. The van der Waals surface area contributed by atoms with Gasteiger partial charge < -0.3 is 14.6 Å². The number of ketones is 1. The van der Waals surface area contributed by atoms with Crippen LogP contribution < -0.4 is 5.32 Å². The molecule has 0 unspecified atom stereocenters. The Labute approximate surface area is 163 Å². The highest BCUT2D eigenvalue weighted by Gasteiger charge is 2.18. The number of nitrogens with zero attached hydrogens (tertiary/aromatic N) is 1. The Morgan fingerprint density at radius 2 is 1.82 bits per heavy atom. The van der Waals surface area contributed by atoms with E-state index in [4.69, 9.17) is 4.74 Å². The Hall–Kier alpha value is -3.41. The fourth-order valence-corrected chi connectivity index (χ4v) is 3.15. The molecule has 0 bridgehead atoms. The molecule has 0 saturated heterocycles. The number of hydrogen-bond acceptors (Lipinski definition) is 4. The summed E-state index contributed by atoms with van der Waals surface area (Å²) < 4.78 is 6.61. The number of aromatic nitrogens is 1. The molecule has 1 amide bonds. The smallest absolute Gasteiger partial charge is 0.355 e. The number of amides is 1. The van der Waals surface area contributed by atoms with Gasteiger partial charge in [0.05, 0.1) is 6.04 Å². The number of hydrogen-bond donors (Lipinski definition) is 1. The highest BCUT2D eigenvalue weighted by Crippen LogP contribution is 2.23. The summed E-state index contributed by atoms with van der Waals surface area (Å²) in [6, 6.07) is 15.1. The average Bonchev–Trinajstić information content (AvgIpc) is 3.07. The van der Waals surface area contributed by atoms with Crippen molar-refractivity contribution in [3.63, 3.8) is 0 Å². The molecule has 1 atom stereocenters. The second-order valence-electron chi connectivity index (χ2n) is 6.71. The van der Waals surface area contributed by atoms with Gasteiger partial charge in [0.25, 0.3) is 5.91 Å². The normalized spacial score (nSPS) is 11.8. The molecule has 3 rings (SSSR count). The van der Waals surface area contributed by atoms with Crippen molar-refractivity contribution in [1.29, 1.82) is 0 Å². The Morgan fingerprint density at radius 1 is 1.11 bits per heavy atom. The van der Waals surface area contributed by atoms with Gasteiger partial charge in [-0.25, -0.2) is 4.79 Å². The van der Waals surface area contributed by atoms with Gasteiger partial charge in [0.2, 0.25) is 0 Å². The first kappa shape index (κ1) is 19.4. The van der Waals surface area contributed by atoms with Crippen molar-refractivity contribution in [3.8, 4) is 0 Å². The van der Waals surface area contributed by atoms with E-state index in [9.17, 15) is 14.4 Å². The Balaban J connectivity index is 1.62. The van der Waals surface area contributed by atoms with E-state index in [-0.39, 0.29) is 17.5 Å². The maximum absolute atomic E-state index is 12.2. The maximum atomic E-state index is 12.2. The summed E-state index contributed by atoms with van der Waals surface area (Å²) in [6.07, 6.45) is 1.56. The van der Waals surface area contributed by atoms with Crippen LogP contribution in [0.2, 0.25) is 0 Å². The summed E-state index contributed by atoms with van der Waals surface area (Å²) in [7, 11) is 1.64. The predicted molar refractivity (Wildman–Crippen MR) is 106 cm³/mol. The van der Waals surface area contributed by atoms with Crippen LogP contribution in [-0.2, 0) is 16.6 Å². The first-order valence-corrected chi connectivity index (χ1v) is 8.98. The lowest BCUT2D eigenvalue weighted by Gasteiger charge is -2.16. The van der Waals surface area contributed by atoms with Gasteiger partial charge in [-0.1, -0.05) is 42.5 Å². The molecule has 28 heavy (non-hydrogen) atoms. The number of benzene rings is 2. The lowest BCUT2D eigenvalue weighted by atomic mass is 10.00. The summed E-state index contributed by atoms with van der Waals surface area (Å²) in [5, 5.41) is 5.02. The largest absolute Gasteiger partial charge is 0.451 e. The zero-order chi connectivity index (χ0) is 20.3. The summed E-state index contributed by atoms with van der Waals surface area (Å²) in [5.74, 6) is -1.19. The van der Waals surface area contributed by atoms with Gasteiger partial charge in [0.15, 0.2) is 12.4 Å². The molecular weight excluding hydrogens is 356 g/mol. The molecule has 6 nitrogen and oxygen atoms in total. The molecule has 144 valence electrons. The van der Waals surface area contributed by atoms with Crippen molar-refractivity contribution in [2.75, 3.05) is 6.61 Å². The van der Waals surface area contributed by atoms with E-state index in [2.05, 4.69) is 5.32 Å². The van der Waals surface area contributed by atoms with Crippen molar-refractivity contribution in [3.05, 3.63) is 71.5 Å². The molecular formula is C22H22N2O4. The standard InChI is InChI=1S/C22H22N2O4/c1-14(18-10-6-8-16-7-4-5-9-19(16)18)23-21(26)13-28-22(27)20-11-17(15(2)25)12-24(20)3/h4-12,14H,13H2,1-3H3,(H,23,26)/t14-/m1/s1. The first-order valence-electron chi connectivity index (χ1n) is 8.98. The number of rotatable bonds is 6. The van der Waals surface area contributed by atoms with Crippen LogP contribution in [0.15, 0.2) is 54.7 Å². The number of aryl methyl sites for hydroxylation is 1. The molecule has 0 radical (unpaired) electrons. The molecule has 0 fully saturated rings. The van der Waals surface area contributed by atoms with E-state index in [1.165, 1.54) is 17.6 Å². The Morgan fingerprint density at radius 3 is 2.54 bits per heavy atom. The highest BCUT2D eigenvalue weighted by atomic mass is 16.5. The third-order valence-electron chi connectivity index (χ3n) is 4.62. The second-order valence-corrected chi connectivity index (χ2v) is 6.71. The summed E-state index contributed by atoms with van der Waals surface area (Å²) in [4.78, 5) is 35.9. The van der Waals surface area contributed by atoms with Crippen molar-refractivity contribution < 1.29 is 19.1 Å². The van der Waals surface area contributed by atoms with Crippen LogP contribution in [0.4, 0.5) is 0 Å². The predicted octanol–water partition coefficient (Wildman–Crippen LogP) is 3.42. The molecule has 1 N–H and O–H groups in total. The summed E-state index contributed by atoms with van der Waals surface area (Å²) in [6.45, 7) is 2.92. The highest BCUT2D eigenvalue weighted by molar-refractivity contribution is 5.98. The van der Waals surface area contributed by atoms with Gasteiger partial charge in [0, 0.05) is 18.8 Å². The minimum atomic E-state index is -0.650. The van der Waals surface area contributed by atoms with E-state index in [0.717, 1.165) is 16.3 Å². The van der Waals surface area contributed by atoms with Crippen molar-refractivity contribution in [1.82, 2.24) is 9.88 Å². The molecule has 2 aromatic carbocycles. The van der Waals surface area contributed by atoms with Crippen molar-refractivity contribution in [2.24, 2.45) is 7.05 Å². The van der Waals surface area contributed by atoms with E-state index < -0.39 is 18.5 Å². The fraction of sp³-hybridized carbons (Fsp3) is 0.227. The molecule has 0 saturated carbocycles. The zero-order valence-corrected chi connectivity index (χ0v) is 16.1. The van der Waals surface area contributed by atoms with Crippen LogP contribution in [0.3, 0.4) is 0 Å². The number of esters is 1. The number of fused-ring (bicyclic) bond motifs is 1. The molecule has 3 aromatic rings. The summed E-state index contributed by atoms with van der Waals surface area (Å²) in [5.41, 5.74) is 1.63. The molecule has 0 aliphatic heterocycles. The maximum Gasteiger partial charge on any atom is 0.355 e. The van der Waals surface area contributed by atoms with Gasteiger partial charge in [-0.3, -0.25) is 9.59 Å². The van der Waals surface area contributed by atoms with Crippen molar-refractivity contribution in [2.45, 2.75) is 19.9 Å². The van der Waals surface area contributed by atoms with Crippen LogP contribution in [0, 0.1) is 0 Å². The van der Waals surface area contributed by atoms with E-state index in [1.54, 1.807) is 13.2 Å². The second kappa shape index (κ2) is 8.08. The molecule has 1 heterocycles. The molecule has 0 aliphatic carbocycles. The lowest BCUT2D eigenvalue weighted by molar-refractivity contribution is -0.124. The minimum Gasteiger partial charge on any atom is -0.451 e.